The number of aromatic nitrogens is 3. The number of carbonyl (C=O) groups is 1. The van der Waals surface area contributed by atoms with Crippen LogP contribution < -0.4 is 0 Å². The quantitative estimate of drug-likeness (QED) is 0.518. The standard InChI is InChI=1S/C5H6N4O4/c1-3(4(10)11)8-2-6-5(7-8)9(12)13/h2-3H,1H3,(H,10,11)/t3-/m1/s1. The topological polar surface area (TPSA) is 111 Å². The third-order valence-corrected chi connectivity index (χ3v) is 1.41. The first-order chi connectivity index (χ1) is 6.02. The minimum atomic E-state index is -1.13. The van der Waals surface area contributed by atoms with Gasteiger partial charge in [0.15, 0.2) is 6.04 Å². The van der Waals surface area contributed by atoms with E-state index in [4.69, 9.17) is 5.11 Å². The lowest BCUT2D eigenvalue weighted by atomic mass is 10.4. The Morgan fingerprint density at radius 2 is 2.46 bits per heavy atom. The Morgan fingerprint density at radius 1 is 1.85 bits per heavy atom. The summed E-state index contributed by atoms with van der Waals surface area (Å²) in [4.78, 5) is 23.1. The molecule has 0 radical (unpaired) electrons. The Labute approximate surface area is 72.0 Å². The second kappa shape index (κ2) is 3.17. The normalized spacial score (nSPS) is 12.4. The number of aliphatic carboxylic acids is 1. The average Bonchev–Trinajstić information content (AvgIpc) is 2.50. The lowest BCUT2D eigenvalue weighted by Crippen LogP contribution is -2.16. The Hall–Kier alpha value is -1.99. The molecule has 0 saturated carbocycles. The molecule has 8 nitrogen and oxygen atoms in total. The molecule has 0 unspecified atom stereocenters. The van der Waals surface area contributed by atoms with Gasteiger partial charge >= 0.3 is 11.9 Å². The summed E-state index contributed by atoms with van der Waals surface area (Å²) in [5.74, 6) is -1.73. The Bertz CT molecular complexity index is 346. The van der Waals surface area contributed by atoms with Crippen LogP contribution in [-0.4, -0.2) is 30.8 Å². The summed E-state index contributed by atoms with van der Waals surface area (Å²) < 4.78 is 0.917. The molecule has 70 valence electrons. The number of hydrogen-bond acceptors (Lipinski definition) is 5. The number of carboxylic acids is 1. The summed E-state index contributed by atoms with van der Waals surface area (Å²) in [6.45, 7) is 1.35. The van der Waals surface area contributed by atoms with Crippen molar-refractivity contribution in [2.45, 2.75) is 13.0 Å². The second-order valence-electron chi connectivity index (χ2n) is 2.30. The summed E-state index contributed by atoms with van der Waals surface area (Å²) in [7, 11) is 0. The van der Waals surface area contributed by atoms with Crippen molar-refractivity contribution in [1.29, 1.82) is 0 Å². The van der Waals surface area contributed by atoms with E-state index in [1.54, 1.807) is 0 Å². The summed E-state index contributed by atoms with van der Waals surface area (Å²) in [5, 5.41) is 22.0. The van der Waals surface area contributed by atoms with Crippen LogP contribution in [0.2, 0.25) is 0 Å². The molecular weight excluding hydrogens is 180 g/mol. The largest absolute Gasteiger partial charge is 0.490 e. The fourth-order valence-corrected chi connectivity index (χ4v) is 0.649. The van der Waals surface area contributed by atoms with Gasteiger partial charge in [-0.3, -0.25) is 0 Å². The van der Waals surface area contributed by atoms with Crippen molar-refractivity contribution in [3.8, 4) is 0 Å². The molecule has 0 amide bonds. The molecule has 0 fully saturated rings. The van der Waals surface area contributed by atoms with E-state index in [0.29, 0.717) is 0 Å². The van der Waals surface area contributed by atoms with Crippen molar-refractivity contribution in [1.82, 2.24) is 14.8 Å². The fourth-order valence-electron chi connectivity index (χ4n) is 0.649. The van der Waals surface area contributed by atoms with Gasteiger partial charge in [-0.15, -0.1) is 0 Å². The molecule has 8 heteroatoms. The molecule has 1 heterocycles. The van der Waals surface area contributed by atoms with Crippen molar-refractivity contribution in [3.05, 3.63) is 16.4 Å². The molecular formula is C5H6N4O4. The molecule has 1 N–H and O–H groups in total. The van der Waals surface area contributed by atoms with Gasteiger partial charge in [-0.05, 0) is 11.8 Å². The maximum atomic E-state index is 10.4. The minimum Gasteiger partial charge on any atom is -0.480 e. The van der Waals surface area contributed by atoms with Crippen molar-refractivity contribution in [2.24, 2.45) is 0 Å². The van der Waals surface area contributed by atoms with Crippen LogP contribution in [0.4, 0.5) is 5.95 Å². The van der Waals surface area contributed by atoms with Crippen molar-refractivity contribution < 1.29 is 14.8 Å². The lowest BCUT2D eigenvalue weighted by Gasteiger charge is -1.99. The summed E-state index contributed by atoms with van der Waals surface area (Å²) in [6.07, 6.45) is 1.01. The third-order valence-electron chi connectivity index (χ3n) is 1.41. The van der Waals surface area contributed by atoms with E-state index in [2.05, 4.69) is 10.1 Å². The second-order valence-corrected chi connectivity index (χ2v) is 2.30. The third kappa shape index (κ3) is 1.78. The summed E-state index contributed by atoms with van der Waals surface area (Å²) >= 11 is 0. The Balaban J connectivity index is 2.91. The monoisotopic (exact) mass is 186 g/mol. The van der Waals surface area contributed by atoms with Crippen LogP contribution in [0.15, 0.2) is 6.33 Å². The van der Waals surface area contributed by atoms with Gasteiger partial charge in [0.2, 0.25) is 6.33 Å². The highest BCUT2D eigenvalue weighted by molar-refractivity contribution is 5.71. The van der Waals surface area contributed by atoms with E-state index in [-0.39, 0.29) is 0 Å². The molecule has 0 aliphatic carbocycles. The first kappa shape index (κ1) is 9.10. The first-order valence-corrected chi connectivity index (χ1v) is 3.30. The van der Waals surface area contributed by atoms with Crippen LogP contribution in [0, 0.1) is 10.1 Å². The number of rotatable bonds is 3. The predicted octanol–water partition coefficient (Wildman–Crippen LogP) is -0.168. The molecule has 0 spiro atoms. The molecule has 13 heavy (non-hydrogen) atoms. The van der Waals surface area contributed by atoms with Crippen LogP contribution >= 0.6 is 0 Å². The maximum absolute atomic E-state index is 10.4. The molecule has 1 aromatic rings. The minimum absolute atomic E-state index is 0.604. The van der Waals surface area contributed by atoms with Crippen LogP contribution in [0.3, 0.4) is 0 Å². The molecule has 0 aromatic carbocycles. The number of hydrogen-bond donors (Lipinski definition) is 1. The van der Waals surface area contributed by atoms with Crippen molar-refractivity contribution in [3.63, 3.8) is 0 Å². The smallest absolute Gasteiger partial charge is 0.480 e. The maximum Gasteiger partial charge on any atom is 0.490 e. The Morgan fingerprint density at radius 3 is 2.85 bits per heavy atom. The van der Waals surface area contributed by atoms with E-state index in [1.807, 2.05) is 0 Å². The fraction of sp³-hybridized carbons (Fsp3) is 0.400. The molecule has 0 aliphatic rings. The SMILES string of the molecule is C[C@H](C(=O)O)n1cnc([N+](=O)[O-])n1. The van der Waals surface area contributed by atoms with E-state index < -0.39 is 22.9 Å². The molecule has 0 saturated heterocycles. The van der Waals surface area contributed by atoms with Gasteiger partial charge in [-0.1, -0.05) is 4.98 Å². The van der Waals surface area contributed by atoms with Gasteiger partial charge in [-0.25, -0.2) is 4.79 Å². The zero-order valence-electron chi connectivity index (χ0n) is 6.62. The van der Waals surface area contributed by atoms with Crippen LogP contribution in [0.1, 0.15) is 13.0 Å². The Kier molecular flexibility index (Phi) is 2.22. The molecule has 0 bridgehead atoms. The highest BCUT2D eigenvalue weighted by atomic mass is 16.6. The predicted molar refractivity (Wildman–Crippen MR) is 39.0 cm³/mol. The highest BCUT2D eigenvalue weighted by Gasteiger charge is 2.21. The van der Waals surface area contributed by atoms with E-state index in [0.717, 1.165) is 11.0 Å². The zero-order chi connectivity index (χ0) is 10.0. The molecule has 1 aromatic heterocycles. The van der Waals surface area contributed by atoms with Gasteiger partial charge < -0.3 is 15.2 Å². The molecule has 1 rings (SSSR count). The number of carboxylic acid groups (broad SMARTS) is 1. The zero-order valence-corrected chi connectivity index (χ0v) is 6.62. The van der Waals surface area contributed by atoms with Crippen molar-refractivity contribution in [2.75, 3.05) is 0 Å². The number of nitro groups is 1. The van der Waals surface area contributed by atoms with Crippen LogP contribution in [-0.2, 0) is 4.79 Å². The van der Waals surface area contributed by atoms with Crippen LogP contribution in [0.5, 0.6) is 0 Å². The van der Waals surface area contributed by atoms with Crippen molar-refractivity contribution >= 4 is 11.9 Å². The van der Waals surface area contributed by atoms with Gasteiger partial charge in [0, 0.05) is 5.10 Å². The van der Waals surface area contributed by atoms with Crippen LogP contribution in [0.25, 0.3) is 0 Å². The van der Waals surface area contributed by atoms with Gasteiger partial charge in [-0.2, -0.15) is 4.68 Å². The van der Waals surface area contributed by atoms with Gasteiger partial charge in [0.05, 0.1) is 0 Å². The molecule has 1 atom stereocenters. The summed E-state index contributed by atoms with van der Waals surface area (Å²) in [6, 6.07) is -0.957. The van der Waals surface area contributed by atoms with E-state index >= 15 is 0 Å². The average molecular weight is 186 g/mol. The van der Waals surface area contributed by atoms with Gasteiger partial charge in [0.25, 0.3) is 0 Å². The van der Waals surface area contributed by atoms with E-state index in [9.17, 15) is 14.9 Å². The first-order valence-electron chi connectivity index (χ1n) is 3.30. The van der Waals surface area contributed by atoms with Gasteiger partial charge in [0.1, 0.15) is 0 Å². The van der Waals surface area contributed by atoms with E-state index in [1.165, 1.54) is 6.92 Å². The summed E-state index contributed by atoms with van der Waals surface area (Å²) in [5.41, 5.74) is 0. The highest BCUT2D eigenvalue weighted by Crippen LogP contribution is 2.06. The lowest BCUT2D eigenvalue weighted by molar-refractivity contribution is -0.394. The number of nitrogens with zero attached hydrogens (tertiary/aromatic N) is 4. The molecule has 0 aliphatic heterocycles.